The topological polar surface area (TPSA) is 36.9 Å². The quantitative estimate of drug-likeness (QED) is 0.615. The molecule has 0 saturated heterocycles. The second kappa shape index (κ2) is 10.1. The van der Waals surface area contributed by atoms with E-state index in [9.17, 15) is 4.39 Å². The minimum absolute atomic E-state index is 0.302. The maximum absolute atomic E-state index is 12.8. The number of hydrogen-bond acceptors (Lipinski definition) is 4. The average Bonchev–Trinajstić information content (AvgIpc) is 2.39. The molecular formula is C13H18BrFO4. The Morgan fingerprint density at radius 2 is 1.63 bits per heavy atom. The molecule has 0 heterocycles. The highest BCUT2D eigenvalue weighted by atomic mass is 79.9. The summed E-state index contributed by atoms with van der Waals surface area (Å²) in [5.41, 5.74) is 0. The molecule has 1 rings (SSSR count). The summed E-state index contributed by atoms with van der Waals surface area (Å²) in [4.78, 5) is 0. The van der Waals surface area contributed by atoms with Gasteiger partial charge in [-0.25, -0.2) is 4.39 Å². The summed E-state index contributed by atoms with van der Waals surface area (Å²) in [5, 5.41) is 0. The molecule has 0 saturated carbocycles. The van der Waals surface area contributed by atoms with Crippen molar-refractivity contribution in [3.8, 4) is 5.75 Å². The monoisotopic (exact) mass is 336 g/mol. The highest BCUT2D eigenvalue weighted by molar-refractivity contribution is 9.10. The van der Waals surface area contributed by atoms with Gasteiger partial charge < -0.3 is 18.9 Å². The summed E-state index contributed by atoms with van der Waals surface area (Å²) in [5.74, 6) is 0.296. The van der Waals surface area contributed by atoms with Crippen molar-refractivity contribution in [3.63, 3.8) is 0 Å². The molecule has 0 aliphatic carbocycles. The molecule has 0 atom stereocenters. The van der Waals surface area contributed by atoms with Crippen LogP contribution in [0, 0.1) is 5.82 Å². The second-order valence-corrected chi connectivity index (χ2v) is 4.50. The molecule has 1 aromatic rings. The molecule has 0 aliphatic heterocycles. The number of benzene rings is 1. The first-order chi connectivity index (χ1) is 9.24. The molecule has 0 aromatic heterocycles. The lowest BCUT2D eigenvalue weighted by molar-refractivity contribution is 0.0179. The number of methoxy groups -OCH3 is 1. The molecule has 0 spiro atoms. The van der Waals surface area contributed by atoms with Crippen molar-refractivity contribution >= 4 is 15.9 Å². The molecule has 4 nitrogen and oxygen atoms in total. The normalized spacial score (nSPS) is 10.7. The first-order valence-electron chi connectivity index (χ1n) is 5.96. The van der Waals surface area contributed by atoms with Crippen LogP contribution in [0.1, 0.15) is 0 Å². The standard InChI is InChI=1S/C13H18BrFO4/c1-16-4-5-17-6-7-18-8-9-19-13-3-2-11(15)10-12(13)14/h2-3,10H,4-9H2,1H3. The van der Waals surface area contributed by atoms with Gasteiger partial charge in [0.05, 0.1) is 37.5 Å². The van der Waals surface area contributed by atoms with Crippen LogP contribution in [0.15, 0.2) is 22.7 Å². The zero-order valence-electron chi connectivity index (χ0n) is 10.9. The highest BCUT2D eigenvalue weighted by Gasteiger charge is 2.02. The van der Waals surface area contributed by atoms with Gasteiger partial charge in [0.1, 0.15) is 18.2 Å². The van der Waals surface area contributed by atoms with E-state index in [0.717, 1.165) is 0 Å². The van der Waals surface area contributed by atoms with Gasteiger partial charge in [0, 0.05) is 7.11 Å². The predicted octanol–water partition coefficient (Wildman–Crippen LogP) is 2.65. The largest absolute Gasteiger partial charge is 0.490 e. The fourth-order valence-corrected chi connectivity index (χ4v) is 1.73. The van der Waals surface area contributed by atoms with E-state index >= 15 is 0 Å². The summed E-state index contributed by atoms with van der Waals surface area (Å²) in [6.07, 6.45) is 0. The van der Waals surface area contributed by atoms with Crippen LogP contribution in [0.4, 0.5) is 4.39 Å². The van der Waals surface area contributed by atoms with Gasteiger partial charge in [0.25, 0.3) is 0 Å². The van der Waals surface area contributed by atoms with E-state index in [1.165, 1.54) is 12.1 Å². The van der Waals surface area contributed by atoms with Gasteiger partial charge in [-0.1, -0.05) is 0 Å². The Morgan fingerprint density at radius 3 is 2.26 bits per heavy atom. The van der Waals surface area contributed by atoms with E-state index in [1.54, 1.807) is 13.2 Å². The van der Waals surface area contributed by atoms with Gasteiger partial charge in [-0.05, 0) is 34.1 Å². The summed E-state index contributed by atoms with van der Waals surface area (Å²) in [6, 6.07) is 4.29. The van der Waals surface area contributed by atoms with Crippen LogP contribution >= 0.6 is 15.9 Å². The van der Waals surface area contributed by atoms with Crippen LogP contribution in [0.5, 0.6) is 5.75 Å². The number of ether oxygens (including phenoxy) is 4. The molecule has 0 bridgehead atoms. The summed E-state index contributed by atoms with van der Waals surface area (Å²) < 4.78 is 34.2. The highest BCUT2D eigenvalue weighted by Crippen LogP contribution is 2.25. The molecule has 0 N–H and O–H groups in total. The van der Waals surface area contributed by atoms with E-state index in [-0.39, 0.29) is 5.82 Å². The number of halogens is 2. The Hall–Kier alpha value is -0.690. The van der Waals surface area contributed by atoms with Crippen molar-refractivity contribution in [1.29, 1.82) is 0 Å². The molecular weight excluding hydrogens is 319 g/mol. The Bertz CT molecular complexity index is 362. The molecule has 19 heavy (non-hydrogen) atoms. The van der Waals surface area contributed by atoms with Crippen molar-refractivity contribution in [2.75, 3.05) is 46.8 Å². The fraction of sp³-hybridized carbons (Fsp3) is 0.538. The van der Waals surface area contributed by atoms with Crippen LogP contribution in [0.25, 0.3) is 0 Å². The number of rotatable bonds is 10. The van der Waals surface area contributed by atoms with E-state index in [2.05, 4.69) is 15.9 Å². The molecule has 0 fully saturated rings. The van der Waals surface area contributed by atoms with Gasteiger partial charge in [0.15, 0.2) is 0 Å². The van der Waals surface area contributed by atoms with Crippen molar-refractivity contribution < 1.29 is 23.3 Å². The maximum atomic E-state index is 12.8. The molecule has 6 heteroatoms. The van der Waals surface area contributed by atoms with Crippen LogP contribution < -0.4 is 4.74 Å². The minimum atomic E-state index is -0.302. The van der Waals surface area contributed by atoms with Crippen molar-refractivity contribution in [2.45, 2.75) is 0 Å². The van der Waals surface area contributed by atoms with Gasteiger partial charge in [-0.2, -0.15) is 0 Å². The zero-order valence-corrected chi connectivity index (χ0v) is 12.4. The van der Waals surface area contributed by atoms with E-state index in [0.29, 0.717) is 49.9 Å². The Balaban J connectivity index is 2.01. The lowest BCUT2D eigenvalue weighted by Gasteiger charge is -2.09. The SMILES string of the molecule is COCCOCCOCCOc1ccc(F)cc1Br. The molecule has 1 aromatic carbocycles. The molecule has 108 valence electrons. The van der Waals surface area contributed by atoms with E-state index in [1.807, 2.05) is 0 Å². The third kappa shape index (κ3) is 7.47. The lowest BCUT2D eigenvalue weighted by atomic mass is 10.3. The van der Waals surface area contributed by atoms with Gasteiger partial charge in [0.2, 0.25) is 0 Å². The van der Waals surface area contributed by atoms with Crippen LogP contribution in [-0.4, -0.2) is 46.8 Å². The first kappa shape index (κ1) is 16.4. The predicted molar refractivity (Wildman–Crippen MR) is 73.1 cm³/mol. The van der Waals surface area contributed by atoms with Crippen molar-refractivity contribution in [2.24, 2.45) is 0 Å². The Kier molecular flexibility index (Phi) is 8.73. The third-order valence-corrected chi connectivity index (χ3v) is 2.80. The van der Waals surface area contributed by atoms with Gasteiger partial charge in [-0.15, -0.1) is 0 Å². The zero-order chi connectivity index (χ0) is 13.9. The van der Waals surface area contributed by atoms with Crippen LogP contribution in [0.3, 0.4) is 0 Å². The molecule has 0 radical (unpaired) electrons. The maximum Gasteiger partial charge on any atom is 0.133 e. The van der Waals surface area contributed by atoms with Gasteiger partial charge >= 0.3 is 0 Å². The summed E-state index contributed by atoms with van der Waals surface area (Å²) >= 11 is 3.23. The number of hydrogen-bond donors (Lipinski definition) is 0. The van der Waals surface area contributed by atoms with Crippen LogP contribution in [-0.2, 0) is 14.2 Å². The molecule has 0 amide bonds. The van der Waals surface area contributed by atoms with Gasteiger partial charge in [-0.3, -0.25) is 0 Å². The minimum Gasteiger partial charge on any atom is -0.490 e. The van der Waals surface area contributed by atoms with Crippen molar-refractivity contribution in [1.82, 2.24) is 0 Å². The lowest BCUT2D eigenvalue weighted by Crippen LogP contribution is -2.12. The smallest absolute Gasteiger partial charge is 0.133 e. The first-order valence-corrected chi connectivity index (χ1v) is 6.75. The fourth-order valence-electron chi connectivity index (χ4n) is 1.27. The summed E-state index contributed by atoms with van der Waals surface area (Å²) in [7, 11) is 1.63. The Labute approximate surface area is 120 Å². The average molecular weight is 337 g/mol. The Morgan fingerprint density at radius 1 is 1.00 bits per heavy atom. The molecule has 0 aliphatic rings. The van der Waals surface area contributed by atoms with E-state index in [4.69, 9.17) is 18.9 Å². The molecule has 0 unspecified atom stereocenters. The second-order valence-electron chi connectivity index (χ2n) is 3.64. The third-order valence-electron chi connectivity index (χ3n) is 2.18. The van der Waals surface area contributed by atoms with E-state index < -0.39 is 0 Å². The summed E-state index contributed by atoms with van der Waals surface area (Å²) in [6.45, 7) is 3.06. The van der Waals surface area contributed by atoms with Crippen LogP contribution in [0.2, 0.25) is 0 Å². The van der Waals surface area contributed by atoms with Crippen molar-refractivity contribution in [3.05, 3.63) is 28.5 Å².